The zero-order valence-corrected chi connectivity index (χ0v) is 20.5. The van der Waals surface area contributed by atoms with Crippen LogP contribution in [0.2, 0.25) is 0 Å². The van der Waals surface area contributed by atoms with Crippen molar-refractivity contribution in [3.05, 3.63) is 95.6 Å². The fourth-order valence-electron chi connectivity index (χ4n) is 6.37. The molecule has 1 atom stereocenters. The molecule has 4 heteroatoms. The topological polar surface area (TPSA) is 28.1 Å². The standard InChI is InChI=1S/C31H29N3O/c1-30(2)25-14-8-9-15-26(25)33(3)31(30)20-32-29-24-13-7-6-12-23(24)27(18-28(29)35-31)34-17-16-21-10-4-5-11-22(21)19-34/h4-15,18,20H,16-17,19H2,1-3H3. The first-order valence-electron chi connectivity index (χ1n) is 12.4. The number of hydrogen-bond acceptors (Lipinski definition) is 4. The van der Waals surface area contributed by atoms with Gasteiger partial charge in [-0.3, -0.25) is 4.99 Å². The second kappa shape index (κ2) is 7.11. The Hall–Kier alpha value is -3.79. The third-order valence-electron chi connectivity index (χ3n) is 8.40. The summed E-state index contributed by atoms with van der Waals surface area (Å²) in [5, 5.41) is 2.37. The molecule has 0 N–H and O–H groups in total. The zero-order chi connectivity index (χ0) is 23.8. The number of benzene rings is 4. The third-order valence-corrected chi connectivity index (χ3v) is 8.40. The summed E-state index contributed by atoms with van der Waals surface area (Å²) in [7, 11) is 2.12. The normalized spacial score (nSPS) is 21.6. The molecule has 3 aliphatic heterocycles. The van der Waals surface area contributed by atoms with Gasteiger partial charge in [0.05, 0.1) is 11.6 Å². The summed E-state index contributed by atoms with van der Waals surface area (Å²) >= 11 is 0. The average Bonchev–Trinajstić information content (AvgIpc) is 3.06. The van der Waals surface area contributed by atoms with Gasteiger partial charge < -0.3 is 14.5 Å². The molecule has 4 aromatic rings. The lowest BCUT2D eigenvalue weighted by atomic mass is 9.77. The van der Waals surface area contributed by atoms with E-state index < -0.39 is 5.72 Å². The molecule has 4 aromatic carbocycles. The van der Waals surface area contributed by atoms with E-state index in [2.05, 4.69) is 110 Å². The van der Waals surface area contributed by atoms with E-state index in [0.29, 0.717) is 0 Å². The molecule has 1 unspecified atom stereocenters. The maximum absolute atomic E-state index is 7.05. The summed E-state index contributed by atoms with van der Waals surface area (Å²) in [5.41, 5.74) is 6.53. The molecule has 35 heavy (non-hydrogen) atoms. The van der Waals surface area contributed by atoms with E-state index in [0.717, 1.165) is 36.3 Å². The fourth-order valence-corrected chi connectivity index (χ4v) is 6.37. The quantitative estimate of drug-likeness (QED) is 0.320. The third kappa shape index (κ3) is 2.71. The summed E-state index contributed by atoms with van der Waals surface area (Å²) in [4.78, 5) is 9.85. The molecule has 174 valence electrons. The molecule has 1 spiro atoms. The number of rotatable bonds is 1. The molecule has 0 fully saturated rings. The van der Waals surface area contributed by atoms with Crippen molar-refractivity contribution < 1.29 is 4.74 Å². The van der Waals surface area contributed by atoms with Crippen LogP contribution in [0.3, 0.4) is 0 Å². The van der Waals surface area contributed by atoms with Crippen LogP contribution in [0.1, 0.15) is 30.5 Å². The summed E-state index contributed by atoms with van der Waals surface area (Å²) in [5.74, 6) is 0.854. The molecular weight excluding hydrogens is 430 g/mol. The Morgan fingerprint density at radius 2 is 1.54 bits per heavy atom. The highest BCUT2D eigenvalue weighted by molar-refractivity contribution is 6.06. The number of para-hydroxylation sites is 1. The predicted molar refractivity (Wildman–Crippen MR) is 145 cm³/mol. The smallest absolute Gasteiger partial charge is 0.228 e. The van der Waals surface area contributed by atoms with Crippen molar-refractivity contribution in [3.63, 3.8) is 0 Å². The first-order chi connectivity index (χ1) is 17.0. The van der Waals surface area contributed by atoms with E-state index in [1.807, 2.05) is 6.21 Å². The number of ether oxygens (including phenoxy) is 1. The van der Waals surface area contributed by atoms with Gasteiger partial charge in [-0.15, -0.1) is 0 Å². The van der Waals surface area contributed by atoms with Gasteiger partial charge in [-0.1, -0.05) is 66.7 Å². The first-order valence-corrected chi connectivity index (χ1v) is 12.4. The molecule has 0 amide bonds. The van der Waals surface area contributed by atoms with Gasteiger partial charge in [-0.25, -0.2) is 0 Å². The molecule has 0 saturated carbocycles. The molecule has 7 rings (SSSR count). The summed E-state index contributed by atoms with van der Waals surface area (Å²) in [6, 6.07) is 28.2. The van der Waals surface area contributed by atoms with Crippen molar-refractivity contribution in [2.75, 3.05) is 23.4 Å². The predicted octanol–water partition coefficient (Wildman–Crippen LogP) is 6.62. The van der Waals surface area contributed by atoms with Crippen LogP contribution in [0, 0.1) is 0 Å². The van der Waals surface area contributed by atoms with Crippen LogP contribution in [-0.4, -0.2) is 25.5 Å². The second-order valence-electron chi connectivity index (χ2n) is 10.5. The maximum Gasteiger partial charge on any atom is 0.228 e. The molecule has 0 bridgehead atoms. The highest BCUT2D eigenvalue weighted by atomic mass is 16.5. The highest BCUT2D eigenvalue weighted by Crippen LogP contribution is 2.55. The second-order valence-corrected chi connectivity index (χ2v) is 10.5. The highest BCUT2D eigenvalue weighted by Gasteiger charge is 2.58. The summed E-state index contributed by atoms with van der Waals surface area (Å²) < 4.78 is 7.05. The number of aliphatic imine (C=N–C) groups is 1. The van der Waals surface area contributed by atoms with Crippen LogP contribution in [-0.2, 0) is 18.4 Å². The Bertz CT molecular complexity index is 1520. The van der Waals surface area contributed by atoms with Gasteiger partial charge in [0, 0.05) is 48.4 Å². The Kier molecular flexibility index (Phi) is 4.18. The van der Waals surface area contributed by atoms with Gasteiger partial charge in [0.25, 0.3) is 0 Å². The van der Waals surface area contributed by atoms with Gasteiger partial charge in [-0.05, 0) is 43.0 Å². The number of nitrogens with zero attached hydrogens (tertiary/aromatic N) is 3. The van der Waals surface area contributed by atoms with Crippen LogP contribution in [0.5, 0.6) is 5.75 Å². The molecule has 3 aliphatic rings. The van der Waals surface area contributed by atoms with Gasteiger partial charge in [0.15, 0.2) is 5.75 Å². The van der Waals surface area contributed by atoms with E-state index >= 15 is 0 Å². The van der Waals surface area contributed by atoms with Gasteiger partial charge in [0.1, 0.15) is 5.69 Å². The van der Waals surface area contributed by atoms with Crippen molar-refractivity contribution in [1.82, 2.24) is 0 Å². The number of anilines is 2. The van der Waals surface area contributed by atoms with Gasteiger partial charge in [0.2, 0.25) is 5.72 Å². The Morgan fingerprint density at radius 1 is 0.829 bits per heavy atom. The van der Waals surface area contributed by atoms with Gasteiger partial charge >= 0.3 is 0 Å². The van der Waals surface area contributed by atoms with E-state index in [1.165, 1.54) is 33.5 Å². The monoisotopic (exact) mass is 459 g/mol. The van der Waals surface area contributed by atoms with E-state index in [1.54, 1.807) is 0 Å². The van der Waals surface area contributed by atoms with Crippen LogP contribution in [0.4, 0.5) is 17.1 Å². The fraction of sp³-hybridized carbons (Fsp3) is 0.258. The van der Waals surface area contributed by atoms with Crippen molar-refractivity contribution in [3.8, 4) is 5.75 Å². The van der Waals surface area contributed by atoms with E-state index in [4.69, 9.17) is 9.73 Å². The molecule has 4 nitrogen and oxygen atoms in total. The molecule has 0 aliphatic carbocycles. The van der Waals surface area contributed by atoms with Crippen LogP contribution in [0.25, 0.3) is 10.8 Å². The Balaban J connectivity index is 1.38. The lowest BCUT2D eigenvalue weighted by molar-refractivity contribution is 0.0827. The molecule has 0 radical (unpaired) electrons. The Labute approximate surface area is 206 Å². The number of likely N-dealkylation sites (N-methyl/N-ethyl adjacent to an activating group) is 1. The largest absolute Gasteiger partial charge is 0.459 e. The number of hydrogen-bond donors (Lipinski definition) is 0. The Morgan fingerprint density at radius 3 is 2.37 bits per heavy atom. The number of fused-ring (bicyclic) bond motifs is 5. The molecule has 3 heterocycles. The van der Waals surface area contributed by atoms with Gasteiger partial charge in [-0.2, -0.15) is 0 Å². The van der Waals surface area contributed by atoms with E-state index in [9.17, 15) is 0 Å². The minimum atomic E-state index is -0.683. The lowest BCUT2D eigenvalue weighted by Crippen LogP contribution is -2.61. The van der Waals surface area contributed by atoms with Crippen molar-refractivity contribution in [2.45, 2.75) is 38.0 Å². The van der Waals surface area contributed by atoms with Crippen molar-refractivity contribution >= 4 is 34.0 Å². The first kappa shape index (κ1) is 20.6. The van der Waals surface area contributed by atoms with Crippen LogP contribution >= 0.6 is 0 Å². The molecule has 0 aromatic heterocycles. The van der Waals surface area contributed by atoms with Crippen molar-refractivity contribution in [1.29, 1.82) is 0 Å². The van der Waals surface area contributed by atoms with Crippen LogP contribution < -0.4 is 14.5 Å². The molecule has 0 saturated heterocycles. The van der Waals surface area contributed by atoms with Crippen molar-refractivity contribution in [2.24, 2.45) is 4.99 Å². The lowest BCUT2D eigenvalue weighted by Gasteiger charge is -2.45. The minimum Gasteiger partial charge on any atom is -0.459 e. The van der Waals surface area contributed by atoms with E-state index in [-0.39, 0.29) is 5.41 Å². The summed E-state index contributed by atoms with van der Waals surface area (Å²) in [6.45, 7) is 6.42. The zero-order valence-electron chi connectivity index (χ0n) is 20.5. The molecular formula is C31H29N3O. The van der Waals surface area contributed by atoms with Crippen LogP contribution in [0.15, 0.2) is 83.9 Å². The maximum atomic E-state index is 7.05. The summed E-state index contributed by atoms with van der Waals surface area (Å²) in [6.07, 6.45) is 3.08. The minimum absolute atomic E-state index is 0.268. The SMILES string of the molecule is CN1c2ccccc2C(C)(C)C12C=Nc1c(cc(N3CCc4ccccc4C3)c3ccccc13)O2. The average molecular weight is 460 g/mol.